The van der Waals surface area contributed by atoms with Crippen molar-refractivity contribution >= 4 is 5.97 Å². The van der Waals surface area contributed by atoms with Crippen molar-refractivity contribution in [3.63, 3.8) is 0 Å². The van der Waals surface area contributed by atoms with E-state index in [4.69, 9.17) is 4.11 Å². The third kappa shape index (κ3) is 1.80. The first-order chi connectivity index (χ1) is 6.45. The van der Waals surface area contributed by atoms with Gasteiger partial charge in [0.1, 0.15) is 0 Å². The van der Waals surface area contributed by atoms with E-state index >= 15 is 0 Å². The van der Waals surface area contributed by atoms with Gasteiger partial charge in [-0.15, -0.1) is 0 Å². The van der Waals surface area contributed by atoms with E-state index in [1.165, 1.54) is 31.4 Å². The SMILES string of the molecule is [2H]C([2H])([2H])c1ccc(C(=O)OC)cc1. The fourth-order valence-electron chi connectivity index (χ4n) is 0.724. The summed E-state index contributed by atoms with van der Waals surface area (Å²) in [5.41, 5.74) is 0.561. The summed E-state index contributed by atoms with van der Waals surface area (Å²) in [4.78, 5) is 11.0. The Bertz CT molecular complexity index is 327. The molecule has 0 aliphatic heterocycles. The van der Waals surface area contributed by atoms with Crippen LogP contribution in [0.5, 0.6) is 0 Å². The summed E-state index contributed by atoms with van der Waals surface area (Å²) >= 11 is 0. The molecule has 0 atom stereocenters. The highest BCUT2D eigenvalue weighted by Gasteiger charge is 2.01. The minimum atomic E-state index is -2.13. The molecule has 1 aromatic carbocycles. The molecule has 0 aromatic heterocycles. The highest BCUT2D eigenvalue weighted by molar-refractivity contribution is 5.89. The summed E-state index contributed by atoms with van der Waals surface area (Å²) in [6, 6.07) is 5.68. The van der Waals surface area contributed by atoms with Crippen molar-refractivity contribution < 1.29 is 13.6 Å². The second-order valence-corrected chi connectivity index (χ2v) is 2.07. The summed E-state index contributed by atoms with van der Waals surface area (Å²) in [5, 5.41) is 0. The predicted molar refractivity (Wildman–Crippen MR) is 42.5 cm³/mol. The van der Waals surface area contributed by atoms with Gasteiger partial charge in [0.05, 0.1) is 12.7 Å². The van der Waals surface area contributed by atoms with Gasteiger partial charge in [0.2, 0.25) is 0 Å². The van der Waals surface area contributed by atoms with Gasteiger partial charge in [0, 0.05) is 4.11 Å². The van der Waals surface area contributed by atoms with E-state index in [1.807, 2.05) is 0 Å². The molecule has 2 heteroatoms. The Labute approximate surface area is 70.0 Å². The molecule has 0 spiro atoms. The number of methoxy groups -OCH3 is 1. The molecule has 0 radical (unpaired) electrons. The topological polar surface area (TPSA) is 26.3 Å². The fourth-order valence-corrected chi connectivity index (χ4v) is 0.724. The Morgan fingerprint density at radius 3 is 2.55 bits per heavy atom. The van der Waals surface area contributed by atoms with Crippen LogP contribution in [0, 0.1) is 6.85 Å². The number of carbonyl (C=O) groups is 1. The molecule has 1 aromatic rings. The lowest BCUT2D eigenvalue weighted by molar-refractivity contribution is 0.0601. The lowest BCUT2D eigenvalue weighted by atomic mass is 10.2. The third-order valence-corrected chi connectivity index (χ3v) is 1.31. The van der Waals surface area contributed by atoms with Crippen LogP contribution < -0.4 is 0 Å². The Kier molecular flexibility index (Phi) is 1.32. The highest BCUT2D eigenvalue weighted by atomic mass is 16.5. The number of benzene rings is 1. The first-order valence-corrected chi connectivity index (χ1v) is 3.14. The smallest absolute Gasteiger partial charge is 0.337 e. The van der Waals surface area contributed by atoms with Crippen LogP contribution in [-0.4, -0.2) is 13.1 Å². The molecule has 0 saturated carbocycles. The molecule has 11 heavy (non-hydrogen) atoms. The average Bonchev–Trinajstić information content (AvgIpc) is 2.15. The van der Waals surface area contributed by atoms with E-state index in [-0.39, 0.29) is 5.56 Å². The number of ether oxygens (including phenoxy) is 1. The molecular weight excluding hydrogens is 140 g/mol. The second kappa shape index (κ2) is 3.19. The Hall–Kier alpha value is -1.31. The summed E-state index contributed by atoms with van der Waals surface area (Å²) in [5.74, 6) is -0.470. The van der Waals surface area contributed by atoms with Crippen LogP contribution in [0.15, 0.2) is 24.3 Å². The minimum absolute atomic E-state index is 0.213. The number of hydrogen-bond acceptors (Lipinski definition) is 2. The third-order valence-electron chi connectivity index (χ3n) is 1.31. The van der Waals surface area contributed by atoms with E-state index in [2.05, 4.69) is 4.74 Å². The Balaban J connectivity index is 2.95. The summed E-state index contributed by atoms with van der Waals surface area (Å²) in [6.07, 6.45) is 0. The fraction of sp³-hybridized carbons (Fsp3) is 0.222. The van der Waals surface area contributed by atoms with Crippen LogP contribution in [0.1, 0.15) is 20.0 Å². The molecule has 0 unspecified atom stereocenters. The minimum Gasteiger partial charge on any atom is -0.465 e. The summed E-state index contributed by atoms with van der Waals surface area (Å²) < 4.78 is 25.8. The molecule has 0 amide bonds. The molecule has 0 aliphatic rings. The maximum Gasteiger partial charge on any atom is 0.337 e. The number of aryl methyl sites for hydroxylation is 1. The van der Waals surface area contributed by atoms with Crippen LogP contribution in [0.2, 0.25) is 0 Å². The first-order valence-electron chi connectivity index (χ1n) is 4.64. The monoisotopic (exact) mass is 153 g/mol. The van der Waals surface area contributed by atoms with Crippen molar-refractivity contribution in [1.82, 2.24) is 0 Å². The van der Waals surface area contributed by atoms with Gasteiger partial charge in [-0.2, -0.15) is 0 Å². The van der Waals surface area contributed by atoms with Crippen LogP contribution >= 0.6 is 0 Å². The van der Waals surface area contributed by atoms with Crippen molar-refractivity contribution in [1.29, 1.82) is 0 Å². The molecule has 0 aliphatic carbocycles. The number of hydrogen-bond donors (Lipinski definition) is 0. The van der Waals surface area contributed by atoms with Crippen molar-refractivity contribution in [3.8, 4) is 0 Å². The molecule has 0 saturated heterocycles. The van der Waals surface area contributed by atoms with Crippen LogP contribution in [0.4, 0.5) is 0 Å². The molecule has 0 fully saturated rings. The standard InChI is InChI=1S/C9H10O2/c1-7-3-5-8(6-4-7)9(10)11-2/h3-6H,1-2H3/i1D3. The number of carbonyl (C=O) groups excluding carboxylic acids is 1. The van der Waals surface area contributed by atoms with Gasteiger partial charge in [0.25, 0.3) is 0 Å². The zero-order chi connectivity index (χ0) is 10.8. The normalized spacial score (nSPS) is 14.5. The van der Waals surface area contributed by atoms with Crippen molar-refractivity contribution in [2.75, 3.05) is 7.11 Å². The van der Waals surface area contributed by atoms with Gasteiger partial charge in [-0.05, 0) is 19.0 Å². The maximum absolute atomic E-state index is 11.0. The highest BCUT2D eigenvalue weighted by Crippen LogP contribution is 2.03. The Morgan fingerprint density at radius 1 is 1.45 bits per heavy atom. The quantitative estimate of drug-likeness (QED) is 0.575. The zero-order valence-corrected chi connectivity index (χ0v) is 6.13. The van der Waals surface area contributed by atoms with Crippen LogP contribution in [0.25, 0.3) is 0 Å². The molecule has 2 nitrogen and oxygen atoms in total. The molecule has 0 bridgehead atoms. The van der Waals surface area contributed by atoms with Gasteiger partial charge < -0.3 is 4.74 Å². The number of rotatable bonds is 1. The lowest BCUT2D eigenvalue weighted by Crippen LogP contribution is -2.00. The Morgan fingerprint density at radius 2 is 2.09 bits per heavy atom. The van der Waals surface area contributed by atoms with Gasteiger partial charge in [-0.25, -0.2) is 4.79 Å². The summed E-state index contributed by atoms with van der Waals surface area (Å²) in [7, 11) is 1.28. The van der Waals surface area contributed by atoms with Crippen molar-refractivity contribution in [2.24, 2.45) is 0 Å². The molecule has 1 rings (SSSR count). The van der Waals surface area contributed by atoms with Gasteiger partial charge in [-0.3, -0.25) is 0 Å². The van der Waals surface area contributed by atoms with Gasteiger partial charge >= 0.3 is 5.97 Å². The number of esters is 1. The molecule has 0 N–H and O–H groups in total. The van der Waals surface area contributed by atoms with Gasteiger partial charge in [0.15, 0.2) is 0 Å². The predicted octanol–water partition coefficient (Wildman–Crippen LogP) is 1.78. The van der Waals surface area contributed by atoms with Crippen molar-refractivity contribution in [3.05, 3.63) is 35.4 Å². The van der Waals surface area contributed by atoms with Crippen LogP contribution in [-0.2, 0) is 4.74 Å². The zero-order valence-electron chi connectivity index (χ0n) is 9.13. The average molecular weight is 153 g/mol. The van der Waals surface area contributed by atoms with E-state index < -0.39 is 12.8 Å². The van der Waals surface area contributed by atoms with Crippen molar-refractivity contribution in [2.45, 2.75) is 6.85 Å². The summed E-state index contributed by atoms with van der Waals surface area (Å²) in [6.45, 7) is -2.13. The molecule has 0 heterocycles. The largest absolute Gasteiger partial charge is 0.465 e. The lowest BCUT2D eigenvalue weighted by Gasteiger charge is -1.97. The first kappa shape index (κ1) is 4.54. The molecule has 58 valence electrons. The second-order valence-electron chi connectivity index (χ2n) is 2.07. The van der Waals surface area contributed by atoms with E-state index in [0.717, 1.165) is 0 Å². The van der Waals surface area contributed by atoms with Gasteiger partial charge in [-0.1, -0.05) is 17.7 Å². The maximum atomic E-state index is 11.0. The van der Waals surface area contributed by atoms with E-state index in [0.29, 0.717) is 5.56 Å². The molecular formula is C9H10O2. The van der Waals surface area contributed by atoms with E-state index in [9.17, 15) is 4.79 Å². The van der Waals surface area contributed by atoms with E-state index in [1.54, 1.807) is 0 Å². The van der Waals surface area contributed by atoms with Crippen LogP contribution in [0.3, 0.4) is 0 Å².